The fourth-order valence-corrected chi connectivity index (χ4v) is 2.41. The van der Waals surface area contributed by atoms with Crippen molar-refractivity contribution < 1.29 is 4.74 Å². The number of aryl methyl sites for hydroxylation is 2. The first kappa shape index (κ1) is 14.8. The Morgan fingerprint density at radius 3 is 2.65 bits per heavy atom. The number of hydrogen-bond donors (Lipinski definition) is 2. The SMILES string of the molecule is COc1cc(C(NN)c2ncc(C)cc2C)ccc1Cl. The highest BCUT2D eigenvalue weighted by atomic mass is 35.5. The topological polar surface area (TPSA) is 60.2 Å². The fourth-order valence-electron chi connectivity index (χ4n) is 2.22. The van der Waals surface area contributed by atoms with E-state index >= 15 is 0 Å². The maximum atomic E-state index is 6.05. The maximum absolute atomic E-state index is 6.05. The molecule has 0 saturated heterocycles. The number of hydrazine groups is 1. The maximum Gasteiger partial charge on any atom is 0.137 e. The molecule has 0 bridgehead atoms. The van der Waals surface area contributed by atoms with Gasteiger partial charge in [-0.05, 0) is 42.7 Å². The van der Waals surface area contributed by atoms with Crippen molar-refractivity contribution in [1.29, 1.82) is 0 Å². The van der Waals surface area contributed by atoms with E-state index in [0.717, 1.165) is 22.4 Å². The van der Waals surface area contributed by atoms with Crippen molar-refractivity contribution in [1.82, 2.24) is 10.4 Å². The van der Waals surface area contributed by atoms with Gasteiger partial charge in [0.05, 0.1) is 23.9 Å². The summed E-state index contributed by atoms with van der Waals surface area (Å²) >= 11 is 6.05. The van der Waals surface area contributed by atoms with E-state index in [-0.39, 0.29) is 6.04 Å². The molecule has 0 fully saturated rings. The van der Waals surface area contributed by atoms with E-state index in [2.05, 4.69) is 16.5 Å². The predicted octanol–water partition coefficient (Wildman–Crippen LogP) is 2.91. The molecule has 0 spiro atoms. The summed E-state index contributed by atoms with van der Waals surface area (Å²) < 4.78 is 5.24. The summed E-state index contributed by atoms with van der Waals surface area (Å²) in [6.45, 7) is 4.03. The van der Waals surface area contributed by atoms with Crippen LogP contribution in [0.3, 0.4) is 0 Å². The number of nitrogens with one attached hydrogen (secondary N) is 1. The predicted molar refractivity (Wildman–Crippen MR) is 80.9 cm³/mol. The van der Waals surface area contributed by atoms with E-state index in [0.29, 0.717) is 10.8 Å². The van der Waals surface area contributed by atoms with Crippen molar-refractivity contribution >= 4 is 11.6 Å². The monoisotopic (exact) mass is 291 g/mol. The smallest absolute Gasteiger partial charge is 0.137 e. The highest BCUT2D eigenvalue weighted by molar-refractivity contribution is 6.32. The van der Waals surface area contributed by atoms with Crippen LogP contribution in [0.5, 0.6) is 5.75 Å². The summed E-state index contributed by atoms with van der Waals surface area (Å²) in [5.41, 5.74) is 6.85. The number of rotatable bonds is 4. The molecule has 1 atom stereocenters. The van der Waals surface area contributed by atoms with E-state index in [9.17, 15) is 0 Å². The van der Waals surface area contributed by atoms with Crippen LogP contribution in [0.25, 0.3) is 0 Å². The van der Waals surface area contributed by atoms with Gasteiger partial charge < -0.3 is 4.74 Å². The van der Waals surface area contributed by atoms with E-state index in [1.165, 1.54) is 0 Å². The van der Waals surface area contributed by atoms with Crippen LogP contribution in [-0.4, -0.2) is 12.1 Å². The van der Waals surface area contributed by atoms with Gasteiger partial charge in [0.2, 0.25) is 0 Å². The number of methoxy groups -OCH3 is 1. The third-order valence-electron chi connectivity index (χ3n) is 3.20. The Balaban J connectivity index is 2.46. The highest BCUT2D eigenvalue weighted by Crippen LogP contribution is 2.30. The highest BCUT2D eigenvalue weighted by Gasteiger charge is 2.17. The molecule has 0 aliphatic heterocycles. The van der Waals surface area contributed by atoms with E-state index in [4.69, 9.17) is 22.2 Å². The number of ether oxygens (including phenoxy) is 1. The van der Waals surface area contributed by atoms with Crippen LogP contribution in [0, 0.1) is 13.8 Å². The fraction of sp³-hybridized carbons (Fsp3) is 0.267. The number of aromatic nitrogens is 1. The van der Waals surface area contributed by atoms with Gasteiger partial charge in [-0.15, -0.1) is 0 Å². The van der Waals surface area contributed by atoms with Gasteiger partial charge in [-0.1, -0.05) is 23.7 Å². The van der Waals surface area contributed by atoms with Crippen molar-refractivity contribution in [3.63, 3.8) is 0 Å². The molecule has 0 amide bonds. The van der Waals surface area contributed by atoms with E-state index in [1.807, 2.05) is 32.2 Å². The molecule has 0 radical (unpaired) electrons. The first-order valence-electron chi connectivity index (χ1n) is 6.29. The normalized spacial score (nSPS) is 12.2. The minimum absolute atomic E-state index is 0.207. The lowest BCUT2D eigenvalue weighted by Crippen LogP contribution is -2.30. The third kappa shape index (κ3) is 2.93. The summed E-state index contributed by atoms with van der Waals surface area (Å²) in [5.74, 6) is 6.33. The van der Waals surface area contributed by atoms with Crippen molar-refractivity contribution in [2.45, 2.75) is 19.9 Å². The zero-order valence-corrected chi connectivity index (χ0v) is 12.5. The van der Waals surface area contributed by atoms with Crippen LogP contribution >= 0.6 is 11.6 Å². The Bertz CT molecular complexity index is 616. The van der Waals surface area contributed by atoms with Gasteiger partial charge in [-0.3, -0.25) is 10.8 Å². The molecular formula is C15H18ClN3O. The second-order valence-electron chi connectivity index (χ2n) is 4.71. The largest absolute Gasteiger partial charge is 0.495 e. The summed E-state index contributed by atoms with van der Waals surface area (Å²) in [6.07, 6.45) is 1.83. The minimum atomic E-state index is -0.207. The van der Waals surface area contributed by atoms with Gasteiger partial charge >= 0.3 is 0 Å². The standard InChI is InChI=1S/C15H18ClN3O/c1-9-6-10(2)14(18-8-9)15(19-17)11-4-5-12(16)13(7-11)20-3/h4-8,15,19H,17H2,1-3H3. The van der Waals surface area contributed by atoms with Crippen LogP contribution in [0.2, 0.25) is 5.02 Å². The molecule has 4 nitrogen and oxygen atoms in total. The Hall–Kier alpha value is -1.62. The third-order valence-corrected chi connectivity index (χ3v) is 3.52. The summed E-state index contributed by atoms with van der Waals surface area (Å²) in [7, 11) is 1.59. The molecule has 5 heteroatoms. The second-order valence-corrected chi connectivity index (χ2v) is 5.12. The Kier molecular flexibility index (Phi) is 4.60. The Morgan fingerprint density at radius 1 is 1.30 bits per heavy atom. The molecule has 2 aromatic rings. The molecule has 1 unspecified atom stereocenters. The molecule has 1 heterocycles. The average Bonchev–Trinajstić information content (AvgIpc) is 2.43. The van der Waals surface area contributed by atoms with Crippen LogP contribution in [0.15, 0.2) is 30.5 Å². The van der Waals surface area contributed by atoms with Gasteiger partial charge in [-0.25, -0.2) is 5.43 Å². The van der Waals surface area contributed by atoms with Crippen LogP contribution in [-0.2, 0) is 0 Å². The zero-order valence-electron chi connectivity index (χ0n) is 11.8. The van der Waals surface area contributed by atoms with E-state index in [1.54, 1.807) is 13.2 Å². The lowest BCUT2D eigenvalue weighted by Gasteiger charge is -2.19. The lowest BCUT2D eigenvalue weighted by atomic mass is 9.99. The summed E-state index contributed by atoms with van der Waals surface area (Å²) in [6, 6.07) is 7.45. The number of hydrogen-bond acceptors (Lipinski definition) is 4. The van der Waals surface area contributed by atoms with Crippen molar-refractivity contribution in [3.8, 4) is 5.75 Å². The molecule has 2 rings (SSSR count). The van der Waals surface area contributed by atoms with Crippen LogP contribution in [0.1, 0.15) is 28.4 Å². The van der Waals surface area contributed by atoms with Crippen LogP contribution in [0.4, 0.5) is 0 Å². The molecule has 1 aromatic heterocycles. The van der Waals surface area contributed by atoms with Gasteiger partial charge in [0.25, 0.3) is 0 Å². The first-order chi connectivity index (χ1) is 9.56. The number of benzene rings is 1. The summed E-state index contributed by atoms with van der Waals surface area (Å²) in [4.78, 5) is 4.49. The van der Waals surface area contributed by atoms with Crippen molar-refractivity contribution in [2.75, 3.05) is 7.11 Å². The number of halogens is 1. The van der Waals surface area contributed by atoms with Gasteiger partial charge in [-0.2, -0.15) is 0 Å². The van der Waals surface area contributed by atoms with Gasteiger partial charge in [0.15, 0.2) is 0 Å². The lowest BCUT2D eigenvalue weighted by molar-refractivity contribution is 0.414. The minimum Gasteiger partial charge on any atom is -0.495 e. The molecule has 0 saturated carbocycles. The van der Waals surface area contributed by atoms with Crippen molar-refractivity contribution in [3.05, 3.63) is 57.9 Å². The molecule has 3 N–H and O–H groups in total. The summed E-state index contributed by atoms with van der Waals surface area (Å²) in [5, 5.41) is 0.570. The van der Waals surface area contributed by atoms with Gasteiger partial charge in [0.1, 0.15) is 5.75 Å². The second kappa shape index (κ2) is 6.22. The van der Waals surface area contributed by atoms with Crippen LogP contribution < -0.4 is 16.0 Å². The van der Waals surface area contributed by atoms with E-state index < -0.39 is 0 Å². The number of nitrogens with zero attached hydrogens (tertiary/aromatic N) is 1. The Morgan fingerprint density at radius 2 is 2.05 bits per heavy atom. The molecule has 1 aromatic carbocycles. The molecule has 20 heavy (non-hydrogen) atoms. The quantitative estimate of drug-likeness (QED) is 0.672. The molecule has 0 aliphatic rings. The van der Waals surface area contributed by atoms with Gasteiger partial charge in [0, 0.05) is 6.20 Å². The first-order valence-corrected chi connectivity index (χ1v) is 6.67. The zero-order chi connectivity index (χ0) is 14.7. The molecular weight excluding hydrogens is 274 g/mol. The van der Waals surface area contributed by atoms with Crippen molar-refractivity contribution in [2.24, 2.45) is 5.84 Å². The molecule has 0 aliphatic carbocycles. The molecule has 106 valence electrons. The Labute approximate surface area is 123 Å². The average molecular weight is 292 g/mol. The number of pyridine rings is 1. The number of nitrogens with two attached hydrogens (primary N) is 1.